The molecule has 0 saturated carbocycles. The molecular formula is C39H46N4O2. The van der Waals surface area contributed by atoms with Gasteiger partial charge in [-0.2, -0.15) is 0 Å². The molecule has 5 rings (SSSR count). The van der Waals surface area contributed by atoms with Crippen LogP contribution < -0.4 is 0 Å². The molecule has 2 N–H and O–H groups in total. The number of nitrogens with zero attached hydrogens (tertiary/aromatic N) is 2. The van der Waals surface area contributed by atoms with Crippen LogP contribution in [0.3, 0.4) is 0 Å². The van der Waals surface area contributed by atoms with E-state index in [1.165, 1.54) is 63.0 Å². The second-order valence-electron chi connectivity index (χ2n) is 12.6. The molecule has 4 heterocycles. The Morgan fingerprint density at radius 1 is 0.667 bits per heavy atom. The number of aryl methyl sites for hydroxylation is 1. The number of hydrogen-bond donors (Lipinski definition) is 2. The number of H-pyrrole nitrogens is 2. The molecule has 234 valence electrons. The van der Waals surface area contributed by atoms with Crippen molar-refractivity contribution in [3.63, 3.8) is 0 Å². The minimum absolute atomic E-state index is 0.213. The predicted molar refractivity (Wildman–Crippen MR) is 187 cm³/mol. The van der Waals surface area contributed by atoms with E-state index in [0.29, 0.717) is 12.8 Å². The highest BCUT2D eigenvalue weighted by molar-refractivity contribution is 6.07. The Morgan fingerprint density at radius 2 is 1.16 bits per heavy atom. The van der Waals surface area contributed by atoms with Crippen molar-refractivity contribution in [2.75, 3.05) is 7.11 Å². The summed E-state index contributed by atoms with van der Waals surface area (Å²) in [5.41, 5.74) is 21.0. The number of benzene rings is 1. The maximum Gasteiger partial charge on any atom is 0.305 e. The molecule has 0 unspecified atom stereocenters. The Morgan fingerprint density at radius 3 is 1.69 bits per heavy atom. The van der Waals surface area contributed by atoms with Crippen LogP contribution in [0.5, 0.6) is 0 Å². The van der Waals surface area contributed by atoms with Crippen molar-refractivity contribution in [2.24, 2.45) is 9.98 Å². The largest absolute Gasteiger partial charge is 0.469 e. The fraction of sp³-hybridized carbons (Fsp3) is 0.359. The topological polar surface area (TPSA) is 82.6 Å². The first-order valence-electron chi connectivity index (χ1n) is 15.8. The molecule has 0 atom stereocenters. The minimum Gasteiger partial charge on any atom is -0.469 e. The number of hydrogen-bond acceptors (Lipinski definition) is 4. The molecule has 0 fully saturated rings. The molecule has 1 aromatic carbocycles. The first-order valence-corrected chi connectivity index (χ1v) is 15.8. The van der Waals surface area contributed by atoms with Crippen LogP contribution in [-0.4, -0.2) is 34.5 Å². The number of rotatable bonds is 9. The van der Waals surface area contributed by atoms with Crippen molar-refractivity contribution in [1.82, 2.24) is 9.97 Å². The van der Waals surface area contributed by atoms with E-state index in [1.54, 1.807) is 0 Å². The number of aromatic amines is 2. The third-order valence-electron chi connectivity index (χ3n) is 9.88. The van der Waals surface area contributed by atoms with Gasteiger partial charge in [-0.05, 0) is 125 Å². The summed E-state index contributed by atoms with van der Waals surface area (Å²) in [7, 11) is 1.42. The van der Waals surface area contributed by atoms with Gasteiger partial charge in [0.05, 0.1) is 30.6 Å². The molecule has 45 heavy (non-hydrogen) atoms. The fourth-order valence-electron chi connectivity index (χ4n) is 6.01. The fourth-order valence-corrected chi connectivity index (χ4v) is 6.01. The highest BCUT2D eigenvalue weighted by Gasteiger charge is 2.23. The molecule has 3 aromatic rings. The second-order valence-corrected chi connectivity index (χ2v) is 12.6. The lowest BCUT2D eigenvalue weighted by molar-refractivity contribution is -0.140. The molecule has 6 nitrogen and oxygen atoms in total. The predicted octanol–water partition coefficient (Wildman–Crippen LogP) is 8.94. The molecule has 2 aliphatic rings. The zero-order valence-corrected chi connectivity index (χ0v) is 28.5. The Bertz CT molecular complexity index is 1860. The van der Waals surface area contributed by atoms with Gasteiger partial charge >= 0.3 is 5.97 Å². The highest BCUT2D eigenvalue weighted by Crippen LogP contribution is 2.33. The van der Waals surface area contributed by atoms with E-state index in [-0.39, 0.29) is 5.97 Å². The molecule has 0 aliphatic carbocycles. The lowest BCUT2D eigenvalue weighted by Crippen LogP contribution is -2.05. The van der Waals surface area contributed by atoms with Gasteiger partial charge in [0.1, 0.15) is 0 Å². The number of nitrogens with one attached hydrogen (secondary N) is 2. The summed E-state index contributed by atoms with van der Waals surface area (Å²) in [6, 6.07) is 8.78. The Balaban J connectivity index is 1.38. The van der Waals surface area contributed by atoms with Gasteiger partial charge < -0.3 is 14.7 Å². The van der Waals surface area contributed by atoms with Crippen molar-refractivity contribution >= 4 is 29.5 Å². The molecule has 0 bridgehead atoms. The van der Waals surface area contributed by atoms with Crippen molar-refractivity contribution in [3.05, 3.63) is 114 Å². The van der Waals surface area contributed by atoms with Gasteiger partial charge in [0.25, 0.3) is 0 Å². The second kappa shape index (κ2) is 12.9. The molecule has 0 saturated heterocycles. The van der Waals surface area contributed by atoms with Crippen molar-refractivity contribution in [2.45, 2.75) is 88.0 Å². The maximum absolute atomic E-state index is 11.7. The van der Waals surface area contributed by atoms with Crippen LogP contribution >= 0.6 is 0 Å². The van der Waals surface area contributed by atoms with Crippen LogP contribution in [-0.2, 0) is 22.4 Å². The smallest absolute Gasteiger partial charge is 0.305 e. The number of carbonyl (C=O) groups excluding carboxylic acids is 1. The molecule has 0 radical (unpaired) electrons. The lowest BCUT2D eigenvalue weighted by Gasteiger charge is -2.03. The van der Waals surface area contributed by atoms with Crippen LogP contribution in [0.4, 0.5) is 0 Å². The maximum atomic E-state index is 11.7. The van der Waals surface area contributed by atoms with Crippen molar-refractivity contribution in [3.8, 4) is 0 Å². The molecule has 6 heteroatoms. The van der Waals surface area contributed by atoms with Gasteiger partial charge in [0, 0.05) is 47.7 Å². The van der Waals surface area contributed by atoms with Gasteiger partial charge in [0.2, 0.25) is 0 Å². The van der Waals surface area contributed by atoms with E-state index in [4.69, 9.17) is 14.7 Å². The van der Waals surface area contributed by atoms with Crippen LogP contribution in [0.25, 0.3) is 12.2 Å². The number of methoxy groups -OCH3 is 1. The van der Waals surface area contributed by atoms with Crippen molar-refractivity contribution in [1.29, 1.82) is 0 Å². The molecular weight excluding hydrogens is 556 g/mol. The standard InChI is InChI=1S/C39H46N4O2/c1-21-11-13-30(14-12-21)17-32-24(4)25(5)34(41-32)19-36-28(8)29(9)38(43-36)20-37-27(7)26(6)35(42-37)18-33-23(3)22(2)31(40-33)15-16-39(44)45-10/h11-14,18-19,41-42H,15-17,20H2,1-10H3/b33-18-,36-19-. The lowest BCUT2D eigenvalue weighted by atomic mass is 10.0. The van der Waals surface area contributed by atoms with Crippen LogP contribution in [0, 0.1) is 34.6 Å². The van der Waals surface area contributed by atoms with Gasteiger partial charge in [-0.25, -0.2) is 0 Å². The van der Waals surface area contributed by atoms with Crippen LogP contribution in [0.15, 0.2) is 67.9 Å². The zero-order chi connectivity index (χ0) is 32.6. The number of carbonyl (C=O) groups is 1. The number of aromatic nitrogens is 2. The number of ether oxygens (including phenoxy) is 1. The van der Waals surface area contributed by atoms with E-state index in [1.807, 2.05) is 0 Å². The Kier molecular flexibility index (Phi) is 9.15. The normalized spacial score (nSPS) is 16.8. The number of allylic oxidation sites excluding steroid dienone is 4. The first-order chi connectivity index (χ1) is 21.4. The molecule has 2 aliphatic heterocycles. The summed E-state index contributed by atoms with van der Waals surface area (Å²) in [4.78, 5) is 29.1. The molecule has 2 aromatic heterocycles. The highest BCUT2D eigenvalue weighted by atomic mass is 16.5. The summed E-state index contributed by atoms with van der Waals surface area (Å²) >= 11 is 0. The molecule has 0 spiro atoms. The Labute approximate surface area is 267 Å². The van der Waals surface area contributed by atoms with Gasteiger partial charge in [0.15, 0.2) is 0 Å². The van der Waals surface area contributed by atoms with Crippen LogP contribution in [0.2, 0.25) is 0 Å². The van der Waals surface area contributed by atoms with Crippen LogP contribution in [0.1, 0.15) is 96.7 Å². The van der Waals surface area contributed by atoms with Crippen molar-refractivity contribution < 1.29 is 9.53 Å². The number of esters is 1. The molecule has 0 amide bonds. The summed E-state index contributed by atoms with van der Waals surface area (Å²) in [5.74, 6) is -0.213. The first kappa shape index (κ1) is 32.0. The summed E-state index contributed by atoms with van der Waals surface area (Å²) in [5, 5.41) is 0. The van der Waals surface area contributed by atoms with E-state index >= 15 is 0 Å². The Hall–Kier alpha value is -4.45. The van der Waals surface area contributed by atoms with Gasteiger partial charge in [-0.1, -0.05) is 29.8 Å². The average Bonchev–Trinajstić information content (AvgIpc) is 3.65. The summed E-state index contributed by atoms with van der Waals surface area (Å²) in [6.07, 6.45) is 6.88. The zero-order valence-electron chi connectivity index (χ0n) is 28.5. The third-order valence-corrected chi connectivity index (χ3v) is 9.88. The third kappa shape index (κ3) is 6.51. The van der Waals surface area contributed by atoms with Gasteiger partial charge in [-0.3, -0.25) is 14.8 Å². The summed E-state index contributed by atoms with van der Waals surface area (Å²) in [6.45, 7) is 19.4. The quantitative estimate of drug-likeness (QED) is 0.240. The average molecular weight is 603 g/mol. The minimum atomic E-state index is -0.213. The SMILES string of the molecule is COC(=O)CCC1=N/C(=C\c2[nH]c(CC3=N/C(=C\c4[nH]c(Cc5ccc(C)cc5)c(C)c4C)C(C)=C3C)c(C)c2C)C(C)=C1C. The van der Waals surface area contributed by atoms with Gasteiger partial charge in [-0.15, -0.1) is 0 Å². The summed E-state index contributed by atoms with van der Waals surface area (Å²) < 4.78 is 4.82. The van der Waals surface area contributed by atoms with E-state index in [9.17, 15) is 4.79 Å². The monoisotopic (exact) mass is 602 g/mol. The van der Waals surface area contributed by atoms with E-state index < -0.39 is 0 Å². The van der Waals surface area contributed by atoms with E-state index in [0.717, 1.165) is 58.2 Å². The number of aliphatic imine (C=N–C) groups is 2. The van der Waals surface area contributed by atoms with E-state index in [2.05, 4.69) is 109 Å².